The van der Waals surface area contributed by atoms with E-state index < -0.39 is 0 Å². The van der Waals surface area contributed by atoms with Crippen LogP contribution < -0.4 is 11.5 Å². The fourth-order valence-electron chi connectivity index (χ4n) is 2.84. The van der Waals surface area contributed by atoms with Gasteiger partial charge in [0, 0.05) is 19.6 Å². The third kappa shape index (κ3) is 2.18. The van der Waals surface area contributed by atoms with Gasteiger partial charge in [-0.3, -0.25) is 4.99 Å². The van der Waals surface area contributed by atoms with Gasteiger partial charge in [0.2, 0.25) is 0 Å². The van der Waals surface area contributed by atoms with Crippen LogP contribution in [0, 0.1) is 11.8 Å². The highest BCUT2D eigenvalue weighted by atomic mass is 15.2. The number of nitrogens with zero attached hydrogens (tertiary/aromatic N) is 2. The van der Waals surface area contributed by atoms with Crippen molar-refractivity contribution in [1.82, 2.24) is 4.90 Å². The second-order valence-electron chi connectivity index (χ2n) is 4.52. The van der Waals surface area contributed by atoms with Crippen LogP contribution >= 0.6 is 0 Å². The first kappa shape index (κ1) is 9.77. The summed E-state index contributed by atoms with van der Waals surface area (Å²) < 4.78 is 0. The van der Waals surface area contributed by atoms with E-state index in [2.05, 4.69) is 9.89 Å². The summed E-state index contributed by atoms with van der Waals surface area (Å²) in [4.78, 5) is 6.51. The van der Waals surface area contributed by atoms with Gasteiger partial charge in [-0.2, -0.15) is 0 Å². The summed E-state index contributed by atoms with van der Waals surface area (Å²) in [5.74, 6) is 2.15. The van der Waals surface area contributed by atoms with E-state index >= 15 is 0 Å². The molecule has 0 amide bonds. The Morgan fingerprint density at radius 2 is 1.86 bits per heavy atom. The van der Waals surface area contributed by atoms with Crippen molar-refractivity contribution in [2.24, 2.45) is 28.3 Å². The minimum atomic E-state index is 0.212. The summed E-state index contributed by atoms with van der Waals surface area (Å²) in [6.45, 7) is 4.31. The third-order valence-electron chi connectivity index (χ3n) is 3.51. The van der Waals surface area contributed by atoms with E-state index in [1.807, 2.05) is 0 Å². The minimum absolute atomic E-state index is 0.212. The normalized spacial score (nSPS) is 31.7. The largest absolute Gasteiger partial charge is 0.370 e. The summed E-state index contributed by atoms with van der Waals surface area (Å²) in [7, 11) is 0. The Balaban J connectivity index is 1.71. The Hall–Kier alpha value is -0.770. The molecule has 2 fully saturated rings. The maximum Gasteiger partial charge on any atom is 0.185 e. The highest BCUT2D eigenvalue weighted by molar-refractivity contribution is 5.75. The lowest BCUT2D eigenvalue weighted by Crippen LogP contribution is -2.28. The molecule has 4 N–H and O–H groups in total. The molecule has 0 aromatic heterocycles. The van der Waals surface area contributed by atoms with Gasteiger partial charge in [-0.25, -0.2) is 0 Å². The second-order valence-corrected chi connectivity index (χ2v) is 4.52. The molecule has 1 saturated carbocycles. The van der Waals surface area contributed by atoms with E-state index in [9.17, 15) is 0 Å². The maximum absolute atomic E-state index is 5.28. The summed E-state index contributed by atoms with van der Waals surface area (Å²) in [6.07, 6.45) is 4.31. The van der Waals surface area contributed by atoms with E-state index in [4.69, 9.17) is 11.5 Å². The van der Waals surface area contributed by atoms with Crippen molar-refractivity contribution in [3.05, 3.63) is 0 Å². The summed E-state index contributed by atoms with van der Waals surface area (Å²) in [5, 5.41) is 0. The van der Waals surface area contributed by atoms with Gasteiger partial charge < -0.3 is 16.4 Å². The fraction of sp³-hybridized carbons (Fsp3) is 0.900. The van der Waals surface area contributed by atoms with Gasteiger partial charge in [0.15, 0.2) is 5.96 Å². The number of nitrogens with two attached hydrogens (primary N) is 2. The van der Waals surface area contributed by atoms with Crippen LogP contribution in [0.15, 0.2) is 4.99 Å². The summed E-state index contributed by atoms with van der Waals surface area (Å²) in [5.41, 5.74) is 10.6. The van der Waals surface area contributed by atoms with E-state index in [1.54, 1.807) is 0 Å². The molecule has 0 aromatic rings. The first-order valence-electron chi connectivity index (χ1n) is 5.53. The third-order valence-corrected chi connectivity index (χ3v) is 3.51. The van der Waals surface area contributed by atoms with Crippen LogP contribution in [-0.4, -0.2) is 37.0 Å². The van der Waals surface area contributed by atoms with Crippen molar-refractivity contribution in [3.8, 4) is 0 Å². The van der Waals surface area contributed by atoms with Crippen LogP contribution in [0.4, 0.5) is 0 Å². The molecule has 2 aliphatic rings. The van der Waals surface area contributed by atoms with E-state index in [0.717, 1.165) is 24.9 Å². The molecule has 4 heteroatoms. The molecular formula is C10H20N4. The molecule has 1 heterocycles. The molecule has 2 rings (SSSR count). The van der Waals surface area contributed by atoms with Crippen molar-refractivity contribution in [2.75, 3.05) is 26.2 Å². The smallest absolute Gasteiger partial charge is 0.185 e. The molecule has 2 atom stereocenters. The predicted molar refractivity (Wildman–Crippen MR) is 57.9 cm³/mol. The molecule has 1 aliphatic carbocycles. The number of likely N-dealkylation sites (tertiary alicyclic amines) is 1. The highest BCUT2D eigenvalue weighted by Crippen LogP contribution is 2.37. The number of rotatable bonds is 3. The number of hydrogen-bond donors (Lipinski definition) is 2. The first-order valence-corrected chi connectivity index (χ1v) is 5.53. The van der Waals surface area contributed by atoms with Crippen molar-refractivity contribution in [3.63, 3.8) is 0 Å². The lowest BCUT2D eigenvalue weighted by Gasteiger charge is -2.14. The zero-order valence-corrected chi connectivity index (χ0v) is 8.65. The fourth-order valence-corrected chi connectivity index (χ4v) is 2.84. The standard InChI is InChI=1S/C10H20N4/c11-10(12)13-4-5-14-6-8-2-1-3-9(8)7-14/h8-9H,1-7H2,(H4,11,12,13). The Kier molecular flexibility index (Phi) is 2.91. The van der Waals surface area contributed by atoms with Crippen LogP contribution in [0.3, 0.4) is 0 Å². The minimum Gasteiger partial charge on any atom is -0.370 e. The molecule has 4 nitrogen and oxygen atoms in total. The SMILES string of the molecule is NC(N)=NCCN1CC2CCCC2C1. The monoisotopic (exact) mass is 196 g/mol. The summed E-state index contributed by atoms with van der Waals surface area (Å²) >= 11 is 0. The Morgan fingerprint density at radius 1 is 1.21 bits per heavy atom. The second kappa shape index (κ2) is 4.17. The van der Waals surface area contributed by atoms with Crippen LogP contribution in [0.1, 0.15) is 19.3 Å². The molecule has 0 bridgehead atoms. The topological polar surface area (TPSA) is 67.6 Å². The average Bonchev–Trinajstić information content (AvgIpc) is 2.62. The Bertz CT molecular complexity index is 210. The van der Waals surface area contributed by atoms with Gasteiger partial charge in [0.25, 0.3) is 0 Å². The van der Waals surface area contributed by atoms with Crippen molar-refractivity contribution >= 4 is 5.96 Å². The van der Waals surface area contributed by atoms with E-state index in [0.29, 0.717) is 0 Å². The van der Waals surface area contributed by atoms with Crippen molar-refractivity contribution in [2.45, 2.75) is 19.3 Å². The van der Waals surface area contributed by atoms with Crippen LogP contribution in [0.5, 0.6) is 0 Å². The molecule has 0 aromatic carbocycles. The lowest BCUT2D eigenvalue weighted by atomic mass is 10.0. The zero-order valence-electron chi connectivity index (χ0n) is 8.65. The quantitative estimate of drug-likeness (QED) is 0.493. The molecule has 0 spiro atoms. The van der Waals surface area contributed by atoms with Crippen LogP contribution in [-0.2, 0) is 0 Å². The Morgan fingerprint density at radius 3 is 2.43 bits per heavy atom. The molecule has 0 radical (unpaired) electrons. The van der Waals surface area contributed by atoms with E-state index in [1.165, 1.54) is 32.4 Å². The van der Waals surface area contributed by atoms with Gasteiger partial charge in [0.1, 0.15) is 0 Å². The molecule has 1 aliphatic heterocycles. The lowest BCUT2D eigenvalue weighted by molar-refractivity contribution is 0.320. The van der Waals surface area contributed by atoms with Gasteiger partial charge in [0.05, 0.1) is 6.54 Å². The first-order chi connectivity index (χ1) is 6.75. The molecule has 1 saturated heterocycles. The summed E-state index contributed by atoms with van der Waals surface area (Å²) in [6, 6.07) is 0. The van der Waals surface area contributed by atoms with Gasteiger partial charge in [-0.15, -0.1) is 0 Å². The van der Waals surface area contributed by atoms with Crippen molar-refractivity contribution < 1.29 is 0 Å². The zero-order chi connectivity index (χ0) is 9.97. The number of fused-ring (bicyclic) bond motifs is 1. The number of guanidine groups is 1. The maximum atomic E-state index is 5.28. The van der Waals surface area contributed by atoms with Gasteiger partial charge in [-0.1, -0.05) is 6.42 Å². The van der Waals surface area contributed by atoms with Crippen LogP contribution in [0.25, 0.3) is 0 Å². The van der Waals surface area contributed by atoms with Gasteiger partial charge in [-0.05, 0) is 24.7 Å². The predicted octanol–water partition coefficient (Wildman–Crippen LogP) is -0.00830. The van der Waals surface area contributed by atoms with Gasteiger partial charge >= 0.3 is 0 Å². The van der Waals surface area contributed by atoms with E-state index in [-0.39, 0.29) is 5.96 Å². The molecule has 14 heavy (non-hydrogen) atoms. The van der Waals surface area contributed by atoms with Crippen molar-refractivity contribution in [1.29, 1.82) is 0 Å². The molecular weight excluding hydrogens is 176 g/mol. The Labute approximate surface area is 85.3 Å². The molecule has 2 unspecified atom stereocenters. The average molecular weight is 196 g/mol. The highest BCUT2D eigenvalue weighted by Gasteiger charge is 2.35. The molecule has 80 valence electrons. The number of hydrogen-bond acceptors (Lipinski definition) is 2. The van der Waals surface area contributed by atoms with Crippen LogP contribution in [0.2, 0.25) is 0 Å². The number of aliphatic imine (C=N–C) groups is 1.